The first-order valence-corrected chi connectivity index (χ1v) is 6.19. The largest absolute Gasteiger partial charge is 0.385 e. The Bertz CT molecular complexity index is 431. The predicted octanol–water partition coefficient (Wildman–Crippen LogP) is 4.04. The molecule has 1 N–H and O–H groups in total. The van der Waals surface area contributed by atoms with Gasteiger partial charge in [-0.15, -0.1) is 0 Å². The van der Waals surface area contributed by atoms with Crippen LogP contribution in [0, 0.1) is 6.92 Å². The van der Waals surface area contributed by atoms with Crippen molar-refractivity contribution < 1.29 is 0 Å². The van der Waals surface area contributed by atoms with E-state index >= 15 is 0 Å². The molecule has 0 aliphatic heterocycles. The van der Waals surface area contributed by atoms with Gasteiger partial charge < -0.3 is 5.32 Å². The highest BCUT2D eigenvalue weighted by Crippen LogP contribution is 2.09. The summed E-state index contributed by atoms with van der Waals surface area (Å²) in [6, 6.07) is 19.2. The maximum absolute atomic E-state index is 3.44. The van der Waals surface area contributed by atoms with Gasteiger partial charge in [-0.2, -0.15) is 0 Å². The van der Waals surface area contributed by atoms with Crippen molar-refractivity contribution in [3.63, 3.8) is 0 Å². The number of nitrogens with one attached hydrogen (secondary N) is 1. The molecule has 0 saturated carbocycles. The van der Waals surface area contributed by atoms with Gasteiger partial charge in [0, 0.05) is 12.2 Å². The van der Waals surface area contributed by atoms with Gasteiger partial charge in [0.1, 0.15) is 0 Å². The minimum Gasteiger partial charge on any atom is -0.385 e. The van der Waals surface area contributed by atoms with Gasteiger partial charge in [0.25, 0.3) is 0 Å². The zero-order chi connectivity index (χ0) is 11.9. The van der Waals surface area contributed by atoms with Crippen LogP contribution in [-0.4, -0.2) is 6.54 Å². The SMILES string of the molecule is Cc1ccc(NCCCc2ccccc2)cc1. The summed E-state index contributed by atoms with van der Waals surface area (Å²) >= 11 is 0. The Labute approximate surface area is 103 Å². The lowest BCUT2D eigenvalue weighted by atomic mass is 10.1. The average Bonchev–Trinajstić information content (AvgIpc) is 2.38. The number of aryl methyl sites for hydroxylation is 2. The topological polar surface area (TPSA) is 12.0 Å². The molecule has 0 bridgehead atoms. The van der Waals surface area contributed by atoms with Crippen molar-refractivity contribution >= 4 is 5.69 Å². The second kappa shape index (κ2) is 6.09. The van der Waals surface area contributed by atoms with E-state index < -0.39 is 0 Å². The van der Waals surface area contributed by atoms with Gasteiger partial charge in [-0.1, -0.05) is 48.0 Å². The molecule has 2 rings (SSSR count). The van der Waals surface area contributed by atoms with E-state index in [9.17, 15) is 0 Å². The molecule has 0 heterocycles. The van der Waals surface area contributed by atoms with Crippen LogP contribution in [0.4, 0.5) is 5.69 Å². The number of anilines is 1. The van der Waals surface area contributed by atoms with E-state index in [1.807, 2.05) is 0 Å². The summed E-state index contributed by atoms with van der Waals surface area (Å²) < 4.78 is 0. The second-order valence-corrected chi connectivity index (χ2v) is 4.38. The van der Waals surface area contributed by atoms with E-state index in [4.69, 9.17) is 0 Å². The number of rotatable bonds is 5. The van der Waals surface area contributed by atoms with Crippen molar-refractivity contribution in [3.05, 3.63) is 65.7 Å². The van der Waals surface area contributed by atoms with Gasteiger partial charge in [0.05, 0.1) is 0 Å². The average molecular weight is 225 g/mol. The van der Waals surface area contributed by atoms with E-state index in [0.717, 1.165) is 19.4 Å². The minimum absolute atomic E-state index is 1.03. The molecule has 17 heavy (non-hydrogen) atoms. The first-order valence-electron chi connectivity index (χ1n) is 6.19. The third-order valence-electron chi connectivity index (χ3n) is 2.87. The highest BCUT2D eigenvalue weighted by Gasteiger charge is 1.93. The maximum atomic E-state index is 3.44. The third kappa shape index (κ3) is 3.95. The summed E-state index contributed by atoms with van der Waals surface area (Å²) in [4.78, 5) is 0. The molecule has 2 aromatic rings. The molecule has 2 aromatic carbocycles. The minimum atomic E-state index is 1.03. The van der Waals surface area contributed by atoms with Crippen molar-refractivity contribution in [3.8, 4) is 0 Å². The lowest BCUT2D eigenvalue weighted by molar-refractivity contribution is 0.863. The molecule has 0 unspecified atom stereocenters. The van der Waals surface area contributed by atoms with Gasteiger partial charge >= 0.3 is 0 Å². The molecule has 0 spiro atoms. The standard InChI is InChI=1S/C16H19N/c1-14-9-11-16(12-10-14)17-13-5-8-15-6-3-2-4-7-15/h2-4,6-7,9-12,17H,5,8,13H2,1H3. The molecule has 0 radical (unpaired) electrons. The first-order chi connectivity index (χ1) is 8.34. The van der Waals surface area contributed by atoms with Crippen LogP contribution in [0.25, 0.3) is 0 Å². The van der Waals surface area contributed by atoms with Crippen molar-refractivity contribution in [2.24, 2.45) is 0 Å². The molecule has 88 valence electrons. The fourth-order valence-electron chi connectivity index (χ4n) is 1.84. The van der Waals surface area contributed by atoms with Gasteiger partial charge in [-0.05, 0) is 37.5 Å². The van der Waals surface area contributed by atoms with Crippen LogP contribution in [-0.2, 0) is 6.42 Å². The lowest BCUT2D eigenvalue weighted by Crippen LogP contribution is -2.02. The Kier molecular flexibility index (Phi) is 4.20. The normalized spacial score (nSPS) is 10.2. The smallest absolute Gasteiger partial charge is 0.0340 e. The number of hydrogen-bond acceptors (Lipinski definition) is 1. The van der Waals surface area contributed by atoms with Crippen LogP contribution in [0.15, 0.2) is 54.6 Å². The third-order valence-corrected chi connectivity index (χ3v) is 2.87. The van der Waals surface area contributed by atoms with Crippen LogP contribution in [0.1, 0.15) is 17.5 Å². The van der Waals surface area contributed by atoms with Crippen molar-refractivity contribution in [1.82, 2.24) is 0 Å². The van der Waals surface area contributed by atoms with Gasteiger partial charge in [-0.3, -0.25) is 0 Å². The maximum Gasteiger partial charge on any atom is 0.0340 e. The summed E-state index contributed by atoms with van der Waals surface area (Å²) in [7, 11) is 0. The Morgan fingerprint density at radius 1 is 0.882 bits per heavy atom. The van der Waals surface area contributed by atoms with Crippen LogP contribution >= 0.6 is 0 Å². The fourth-order valence-corrected chi connectivity index (χ4v) is 1.84. The Balaban J connectivity index is 1.71. The van der Waals surface area contributed by atoms with Gasteiger partial charge in [0.2, 0.25) is 0 Å². The van der Waals surface area contributed by atoms with Crippen molar-refractivity contribution in [2.75, 3.05) is 11.9 Å². The lowest BCUT2D eigenvalue weighted by Gasteiger charge is -2.06. The van der Waals surface area contributed by atoms with Crippen molar-refractivity contribution in [2.45, 2.75) is 19.8 Å². The first kappa shape index (κ1) is 11.7. The van der Waals surface area contributed by atoms with E-state index in [-0.39, 0.29) is 0 Å². The summed E-state index contributed by atoms with van der Waals surface area (Å²) in [5.41, 5.74) is 3.93. The molecule has 0 aliphatic rings. The van der Waals surface area contributed by atoms with Gasteiger partial charge in [0.15, 0.2) is 0 Å². The van der Waals surface area contributed by atoms with E-state index in [1.165, 1.54) is 16.8 Å². The van der Waals surface area contributed by atoms with E-state index in [2.05, 4.69) is 66.8 Å². The van der Waals surface area contributed by atoms with Crippen LogP contribution in [0.5, 0.6) is 0 Å². The van der Waals surface area contributed by atoms with E-state index in [0.29, 0.717) is 0 Å². The zero-order valence-corrected chi connectivity index (χ0v) is 10.3. The molecule has 0 atom stereocenters. The van der Waals surface area contributed by atoms with Crippen LogP contribution < -0.4 is 5.32 Å². The highest BCUT2D eigenvalue weighted by atomic mass is 14.9. The quantitative estimate of drug-likeness (QED) is 0.757. The monoisotopic (exact) mass is 225 g/mol. The number of benzene rings is 2. The predicted molar refractivity (Wildman–Crippen MR) is 74.4 cm³/mol. The molecule has 1 heteroatoms. The summed E-state index contributed by atoms with van der Waals surface area (Å²) in [6.45, 7) is 3.14. The molecule has 1 nitrogen and oxygen atoms in total. The van der Waals surface area contributed by atoms with E-state index in [1.54, 1.807) is 0 Å². The molecule has 0 aliphatic carbocycles. The highest BCUT2D eigenvalue weighted by molar-refractivity contribution is 5.44. The van der Waals surface area contributed by atoms with Crippen LogP contribution in [0.2, 0.25) is 0 Å². The van der Waals surface area contributed by atoms with Crippen LogP contribution in [0.3, 0.4) is 0 Å². The fraction of sp³-hybridized carbons (Fsp3) is 0.250. The summed E-state index contributed by atoms with van der Waals surface area (Å²) in [5, 5.41) is 3.44. The summed E-state index contributed by atoms with van der Waals surface area (Å²) in [6.07, 6.45) is 2.30. The molecular formula is C16H19N. The molecule has 0 aromatic heterocycles. The molecular weight excluding hydrogens is 206 g/mol. The zero-order valence-electron chi connectivity index (χ0n) is 10.3. The Morgan fingerprint density at radius 2 is 1.59 bits per heavy atom. The van der Waals surface area contributed by atoms with Gasteiger partial charge in [-0.25, -0.2) is 0 Å². The Hall–Kier alpha value is -1.76. The molecule has 0 amide bonds. The Morgan fingerprint density at radius 3 is 2.29 bits per heavy atom. The second-order valence-electron chi connectivity index (χ2n) is 4.38. The summed E-state index contributed by atoms with van der Waals surface area (Å²) in [5.74, 6) is 0. The number of hydrogen-bond donors (Lipinski definition) is 1. The van der Waals surface area contributed by atoms with Crippen molar-refractivity contribution in [1.29, 1.82) is 0 Å². The molecule has 0 fully saturated rings. The molecule has 0 saturated heterocycles.